The van der Waals surface area contributed by atoms with Crippen molar-refractivity contribution in [3.8, 4) is 5.75 Å². The standard InChI is InChI=1S/C31H41N3O4/c1-37-19-12-29(35)34-22-26(28(23-34)25-6-4-3-5-7-25)21-32-16-13-31(14-17-32)15-18-33(30(31)36)20-24-8-10-27(38-2)11-9-24/h3-11,26,28H,12-23H2,1-2H3. The molecule has 0 bridgehead atoms. The largest absolute Gasteiger partial charge is 0.497 e. The van der Waals surface area contributed by atoms with Crippen LogP contribution >= 0.6 is 0 Å². The average Bonchev–Trinajstić information content (AvgIpc) is 3.51. The Morgan fingerprint density at radius 2 is 1.66 bits per heavy atom. The first kappa shape index (κ1) is 26.7. The number of likely N-dealkylation sites (tertiary alicyclic amines) is 3. The van der Waals surface area contributed by atoms with Gasteiger partial charge in [0.25, 0.3) is 0 Å². The van der Waals surface area contributed by atoms with Crippen LogP contribution in [-0.4, -0.2) is 86.6 Å². The summed E-state index contributed by atoms with van der Waals surface area (Å²) >= 11 is 0. The van der Waals surface area contributed by atoms with E-state index < -0.39 is 0 Å². The normalized spacial score (nSPS) is 23.4. The molecule has 7 nitrogen and oxygen atoms in total. The van der Waals surface area contributed by atoms with Gasteiger partial charge in [0.15, 0.2) is 0 Å². The molecule has 0 aromatic heterocycles. The van der Waals surface area contributed by atoms with Gasteiger partial charge in [0.05, 0.1) is 25.6 Å². The summed E-state index contributed by atoms with van der Waals surface area (Å²) in [7, 11) is 3.31. The van der Waals surface area contributed by atoms with Crippen LogP contribution in [0.1, 0.15) is 42.7 Å². The van der Waals surface area contributed by atoms with Gasteiger partial charge in [0.2, 0.25) is 11.8 Å². The Balaban J connectivity index is 1.18. The zero-order chi connectivity index (χ0) is 26.5. The number of hydrogen-bond donors (Lipinski definition) is 0. The minimum Gasteiger partial charge on any atom is -0.497 e. The molecule has 3 heterocycles. The van der Waals surface area contributed by atoms with Crippen molar-refractivity contribution in [1.29, 1.82) is 0 Å². The summed E-state index contributed by atoms with van der Waals surface area (Å²) in [6.45, 7) is 6.38. The molecular weight excluding hydrogens is 478 g/mol. The van der Waals surface area contributed by atoms with Gasteiger partial charge in [-0.25, -0.2) is 0 Å². The highest BCUT2D eigenvalue weighted by Crippen LogP contribution is 2.43. The number of ether oxygens (including phenoxy) is 2. The summed E-state index contributed by atoms with van der Waals surface area (Å²) in [6.07, 6.45) is 3.23. The molecule has 5 rings (SSSR count). The predicted octanol–water partition coefficient (Wildman–Crippen LogP) is 3.79. The second-order valence-corrected chi connectivity index (χ2v) is 11.2. The SMILES string of the molecule is COCCC(=O)N1CC(CN2CCC3(CC2)CCN(Cc2ccc(OC)cc2)C3=O)C(c2ccccc2)C1. The zero-order valence-electron chi connectivity index (χ0n) is 22.8. The first-order valence-electron chi connectivity index (χ1n) is 14.0. The topological polar surface area (TPSA) is 62.3 Å². The Morgan fingerprint density at radius 3 is 2.34 bits per heavy atom. The first-order chi connectivity index (χ1) is 18.5. The van der Waals surface area contributed by atoms with Crippen molar-refractivity contribution >= 4 is 11.8 Å². The Kier molecular flexibility index (Phi) is 8.34. The molecule has 7 heteroatoms. The lowest BCUT2D eigenvalue weighted by Gasteiger charge is -2.39. The maximum Gasteiger partial charge on any atom is 0.229 e. The predicted molar refractivity (Wildman–Crippen MR) is 147 cm³/mol. The van der Waals surface area contributed by atoms with Gasteiger partial charge < -0.3 is 24.2 Å². The van der Waals surface area contributed by atoms with Gasteiger partial charge in [-0.15, -0.1) is 0 Å². The molecule has 2 atom stereocenters. The van der Waals surface area contributed by atoms with Crippen LogP contribution in [0.3, 0.4) is 0 Å². The molecule has 0 radical (unpaired) electrons. The van der Waals surface area contributed by atoms with E-state index in [2.05, 4.69) is 35.2 Å². The van der Waals surface area contributed by atoms with Gasteiger partial charge >= 0.3 is 0 Å². The number of methoxy groups -OCH3 is 2. The van der Waals surface area contributed by atoms with E-state index in [1.807, 2.05) is 34.1 Å². The fourth-order valence-corrected chi connectivity index (χ4v) is 6.64. The van der Waals surface area contributed by atoms with E-state index in [-0.39, 0.29) is 11.3 Å². The molecule has 3 saturated heterocycles. The summed E-state index contributed by atoms with van der Waals surface area (Å²) in [5, 5.41) is 0. The lowest BCUT2D eigenvalue weighted by molar-refractivity contribution is -0.139. The molecule has 38 heavy (non-hydrogen) atoms. The van der Waals surface area contributed by atoms with E-state index in [0.29, 0.717) is 37.3 Å². The summed E-state index contributed by atoms with van der Waals surface area (Å²) in [6, 6.07) is 18.6. The van der Waals surface area contributed by atoms with Gasteiger partial charge in [0, 0.05) is 45.8 Å². The van der Waals surface area contributed by atoms with Gasteiger partial charge in [-0.05, 0) is 61.5 Å². The molecule has 204 valence electrons. The smallest absolute Gasteiger partial charge is 0.229 e. The average molecular weight is 520 g/mol. The minimum atomic E-state index is -0.209. The number of benzene rings is 2. The van der Waals surface area contributed by atoms with Gasteiger partial charge in [-0.1, -0.05) is 42.5 Å². The third-order valence-electron chi connectivity index (χ3n) is 8.98. The lowest BCUT2D eigenvalue weighted by Crippen LogP contribution is -2.46. The van der Waals surface area contributed by atoms with E-state index >= 15 is 0 Å². The van der Waals surface area contributed by atoms with Crippen LogP contribution in [-0.2, 0) is 20.9 Å². The molecule has 2 unspecified atom stereocenters. The van der Waals surface area contributed by atoms with Crippen LogP contribution in [0.15, 0.2) is 54.6 Å². The van der Waals surface area contributed by atoms with E-state index in [1.54, 1.807) is 14.2 Å². The van der Waals surface area contributed by atoms with E-state index in [0.717, 1.165) is 69.8 Å². The van der Waals surface area contributed by atoms with Gasteiger partial charge in [-0.3, -0.25) is 9.59 Å². The van der Waals surface area contributed by atoms with Crippen LogP contribution in [0, 0.1) is 11.3 Å². The summed E-state index contributed by atoms with van der Waals surface area (Å²) < 4.78 is 10.4. The monoisotopic (exact) mass is 519 g/mol. The van der Waals surface area contributed by atoms with Crippen LogP contribution in [0.25, 0.3) is 0 Å². The molecule has 3 aliphatic heterocycles. The fourth-order valence-electron chi connectivity index (χ4n) is 6.64. The molecule has 3 fully saturated rings. The van der Waals surface area contributed by atoms with Crippen LogP contribution in [0.5, 0.6) is 5.75 Å². The van der Waals surface area contributed by atoms with E-state index in [9.17, 15) is 9.59 Å². The first-order valence-corrected chi connectivity index (χ1v) is 14.0. The third-order valence-corrected chi connectivity index (χ3v) is 8.98. The van der Waals surface area contributed by atoms with Crippen LogP contribution in [0.2, 0.25) is 0 Å². The fraction of sp³-hybridized carbons (Fsp3) is 0.548. The molecule has 1 spiro atoms. The maximum atomic E-state index is 13.5. The van der Waals surface area contributed by atoms with Crippen molar-refractivity contribution in [1.82, 2.24) is 14.7 Å². The molecule has 3 aliphatic rings. The molecule has 2 aromatic carbocycles. The van der Waals surface area contributed by atoms with Gasteiger partial charge in [0.1, 0.15) is 5.75 Å². The third kappa shape index (κ3) is 5.74. The van der Waals surface area contributed by atoms with Crippen molar-refractivity contribution in [3.63, 3.8) is 0 Å². The second-order valence-electron chi connectivity index (χ2n) is 11.2. The molecular formula is C31H41N3O4. The van der Waals surface area contributed by atoms with Gasteiger partial charge in [-0.2, -0.15) is 0 Å². The lowest BCUT2D eigenvalue weighted by atomic mass is 9.76. The second kappa shape index (κ2) is 11.9. The molecule has 2 amide bonds. The highest BCUT2D eigenvalue weighted by atomic mass is 16.5. The molecule has 0 saturated carbocycles. The Morgan fingerprint density at radius 1 is 0.947 bits per heavy atom. The van der Waals surface area contributed by atoms with E-state index in [4.69, 9.17) is 9.47 Å². The quantitative estimate of drug-likeness (QED) is 0.505. The Bertz CT molecular complexity index is 1080. The maximum absolute atomic E-state index is 13.5. The molecule has 2 aromatic rings. The number of piperidine rings is 1. The van der Waals surface area contributed by atoms with E-state index in [1.165, 1.54) is 5.56 Å². The van der Waals surface area contributed by atoms with Crippen LogP contribution < -0.4 is 4.74 Å². The number of nitrogens with zero attached hydrogens (tertiary/aromatic N) is 3. The highest BCUT2D eigenvalue weighted by molar-refractivity contribution is 5.85. The number of amides is 2. The minimum absolute atomic E-state index is 0.182. The van der Waals surface area contributed by atoms with Crippen molar-refractivity contribution in [3.05, 3.63) is 65.7 Å². The van der Waals surface area contributed by atoms with Crippen molar-refractivity contribution < 1.29 is 19.1 Å². The highest BCUT2D eigenvalue weighted by Gasteiger charge is 2.48. The Labute approximate surface area is 226 Å². The molecule has 0 N–H and O–H groups in total. The van der Waals surface area contributed by atoms with Crippen molar-refractivity contribution in [2.24, 2.45) is 11.3 Å². The number of rotatable bonds is 9. The van der Waals surface area contributed by atoms with Crippen LogP contribution in [0.4, 0.5) is 0 Å². The number of carbonyl (C=O) groups excluding carboxylic acids is 2. The summed E-state index contributed by atoms with van der Waals surface area (Å²) in [4.78, 5) is 32.9. The summed E-state index contributed by atoms with van der Waals surface area (Å²) in [5.74, 6) is 2.08. The Hall–Kier alpha value is -2.90. The summed E-state index contributed by atoms with van der Waals surface area (Å²) in [5.41, 5.74) is 2.25. The van der Waals surface area contributed by atoms with Crippen molar-refractivity contribution in [2.45, 2.75) is 38.1 Å². The zero-order valence-corrected chi connectivity index (χ0v) is 22.8. The number of carbonyl (C=O) groups is 2. The number of hydrogen-bond acceptors (Lipinski definition) is 5. The van der Waals surface area contributed by atoms with Crippen molar-refractivity contribution in [2.75, 3.05) is 60.1 Å². The molecule has 0 aliphatic carbocycles.